The largest absolute Gasteiger partial charge is 0.507 e. The number of aryl methyl sites for hydroxylation is 1. The lowest BCUT2D eigenvalue weighted by Crippen LogP contribution is -1.97. The third kappa shape index (κ3) is 1.44. The number of Topliss-reactive ketones (excluding diaryl/α,β-unsaturated/α-hetero) is 1. The van der Waals surface area contributed by atoms with Crippen LogP contribution in [0.2, 0.25) is 0 Å². The quantitative estimate of drug-likeness (QED) is 0.651. The van der Waals surface area contributed by atoms with Crippen LogP contribution in [-0.2, 0) is 0 Å². The number of phenolic OH excluding ortho intramolecular Hbond substituents is 1. The molecule has 0 aliphatic heterocycles. The molecular formula is C9H9FO2. The summed E-state index contributed by atoms with van der Waals surface area (Å²) in [5, 5.41) is 9.18. The monoisotopic (exact) mass is 168 g/mol. The van der Waals surface area contributed by atoms with Crippen LogP contribution < -0.4 is 0 Å². The zero-order valence-electron chi connectivity index (χ0n) is 6.89. The maximum absolute atomic E-state index is 12.6. The average molecular weight is 168 g/mol. The normalized spacial score (nSPS) is 9.92. The molecule has 2 nitrogen and oxygen atoms in total. The summed E-state index contributed by atoms with van der Waals surface area (Å²) in [4.78, 5) is 10.9. The van der Waals surface area contributed by atoms with Gasteiger partial charge in [0, 0.05) is 6.07 Å². The molecule has 0 amide bonds. The van der Waals surface area contributed by atoms with Crippen LogP contribution in [0.15, 0.2) is 12.1 Å². The fraction of sp³-hybridized carbons (Fsp3) is 0.222. The van der Waals surface area contributed by atoms with Crippen LogP contribution in [0.1, 0.15) is 22.8 Å². The highest BCUT2D eigenvalue weighted by Crippen LogP contribution is 2.22. The molecule has 0 fully saturated rings. The molecule has 1 aromatic rings. The molecule has 64 valence electrons. The highest BCUT2D eigenvalue weighted by atomic mass is 19.1. The molecule has 0 radical (unpaired) electrons. The number of benzene rings is 1. The van der Waals surface area contributed by atoms with E-state index in [-0.39, 0.29) is 17.1 Å². The van der Waals surface area contributed by atoms with Crippen molar-refractivity contribution >= 4 is 5.78 Å². The van der Waals surface area contributed by atoms with Crippen LogP contribution in [0, 0.1) is 12.7 Å². The van der Waals surface area contributed by atoms with Gasteiger partial charge in [0.05, 0.1) is 5.56 Å². The van der Waals surface area contributed by atoms with Crippen molar-refractivity contribution in [1.82, 2.24) is 0 Å². The minimum Gasteiger partial charge on any atom is -0.507 e. The highest BCUT2D eigenvalue weighted by molar-refractivity contribution is 5.98. The Bertz CT molecular complexity index is 308. The van der Waals surface area contributed by atoms with Gasteiger partial charge in [0.1, 0.15) is 11.6 Å². The van der Waals surface area contributed by atoms with Crippen molar-refractivity contribution < 1.29 is 14.3 Å². The van der Waals surface area contributed by atoms with E-state index in [4.69, 9.17) is 0 Å². The van der Waals surface area contributed by atoms with E-state index in [0.717, 1.165) is 6.07 Å². The Hall–Kier alpha value is -1.38. The molecule has 0 bridgehead atoms. The Morgan fingerprint density at radius 3 is 2.50 bits per heavy atom. The summed E-state index contributed by atoms with van der Waals surface area (Å²) in [7, 11) is 0. The Morgan fingerprint density at radius 1 is 1.50 bits per heavy atom. The van der Waals surface area contributed by atoms with E-state index < -0.39 is 5.82 Å². The van der Waals surface area contributed by atoms with Crippen molar-refractivity contribution in [2.75, 3.05) is 0 Å². The fourth-order valence-corrected chi connectivity index (χ4v) is 1.18. The molecule has 0 heterocycles. The standard InChI is InChI=1S/C9H9FO2/c1-5-3-7(10)4-8(12)9(5)6(2)11/h3-4,12H,1-2H3. The molecule has 0 spiro atoms. The van der Waals surface area contributed by atoms with Crippen LogP contribution in [-0.4, -0.2) is 10.9 Å². The van der Waals surface area contributed by atoms with Crippen LogP contribution >= 0.6 is 0 Å². The number of carbonyl (C=O) groups excluding carboxylic acids is 1. The van der Waals surface area contributed by atoms with Crippen molar-refractivity contribution in [3.05, 3.63) is 29.1 Å². The molecule has 0 saturated carbocycles. The summed E-state index contributed by atoms with van der Waals surface area (Å²) in [5.74, 6) is -1.08. The molecule has 1 aromatic carbocycles. The van der Waals surface area contributed by atoms with E-state index in [2.05, 4.69) is 0 Å². The van der Waals surface area contributed by atoms with Gasteiger partial charge in [0.2, 0.25) is 0 Å². The first-order valence-corrected chi connectivity index (χ1v) is 3.52. The van der Waals surface area contributed by atoms with Crippen LogP contribution in [0.5, 0.6) is 5.75 Å². The van der Waals surface area contributed by atoms with Crippen molar-refractivity contribution in [2.24, 2.45) is 0 Å². The summed E-state index contributed by atoms with van der Waals surface area (Å²) in [5.41, 5.74) is 0.649. The molecule has 0 unspecified atom stereocenters. The molecular weight excluding hydrogens is 159 g/mol. The van der Waals surface area contributed by atoms with Crippen LogP contribution in [0.25, 0.3) is 0 Å². The Balaban J connectivity index is 3.38. The van der Waals surface area contributed by atoms with Gasteiger partial charge in [-0.05, 0) is 25.5 Å². The second-order valence-electron chi connectivity index (χ2n) is 2.67. The maximum atomic E-state index is 12.6. The topological polar surface area (TPSA) is 37.3 Å². The minimum atomic E-state index is -0.532. The number of hydrogen-bond acceptors (Lipinski definition) is 2. The summed E-state index contributed by atoms with van der Waals surface area (Å²) in [6.45, 7) is 2.92. The van der Waals surface area contributed by atoms with E-state index in [1.807, 2.05) is 0 Å². The van der Waals surface area contributed by atoms with E-state index in [9.17, 15) is 14.3 Å². The first-order chi connectivity index (χ1) is 5.52. The lowest BCUT2D eigenvalue weighted by molar-refractivity contribution is 0.101. The second kappa shape index (κ2) is 2.93. The third-order valence-electron chi connectivity index (χ3n) is 1.63. The van der Waals surface area contributed by atoms with Crippen molar-refractivity contribution in [3.63, 3.8) is 0 Å². The van der Waals surface area contributed by atoms with Crippen molar-refractivity contribution in [2.45, 2.75) is 13.8 Å². The first kappa shape index (κ1) is 8.71. The van der Waals surface area contributed by atoms with Gasteiger partial charge in [-0.1, -0.05) is 0 Å². The van der Waals surface area contributed by atoms with Gasteiger partial charge >= 0.3 is 0 Å². The van der Waals surface area contributed by atoms with Gasteiger partial charge in [-0.3, -0.25) is 4.79 Å². The summed E-state index contributed by atoms with van der Waals surface area (Å²) in [6, 6.07) is 2.15. The molecule has 12 heavy (non-hydrogen) atoms. The zero-order valence-corrected chi connectivity index (χ0v) is 6.89. The SMILES string of the molecule is CC(=O)c1c(C)cc(F)cc1O. The smallest absolute Gasteiger partial charge is 0.163 e. The van der Waals surface area contributed by atoms with Gasteiger partial charge in [-0.15, -0.1) is 0 Å². The Morgan fingerprint density at radius 2 is 2.08 bits per heavy atom. The maximum Gasteiger partial charge on any atom is 0.163 e. The lowest BCUT2D eigenvalue weighted by Gasteiger charge is -2.04. The molecule has 1 rings (SSSR count). The number of ketones is 1. The number of hydrogen-bond donors (Lipinski definition) is 1. The number of carbonyl (C=O) groups is 1. The number of halogens is 1. The van der Waals surface area contributed by atoms with Gasteiger partial charge in [0.15, 0.2) is 5.78 Å². The van der Waals surface area contributed by atoms with E-state index in [1.54, 1.807) is 6.92 Å². The molecule has 0 saturated heterocycles. The minimum absolute atomic E-state index is 0.191. The van der Waals surface area contributed by atoms with Gasteiger partial charge in [0.25, 0.3) is 0 Å². The summed E-state index contributed by atoms with van der Waals surface area (Å²) < 4.78 is 12.6. The fourth-order valence-electron chi connectivity index (χ4n) is 1.18. The summed E-state index contributed by atoms with van der Waals surface area (Å²) in [6.07, 6.45) is 0. The Labute approximate surface area is 69.6 Å². The molecule has 0 atom stereocenters. The van der Waals surface area contributed by atoms with Crippen molar-refractivity contribution in [1.29, 1.82) is 0 Å². The lowest BCUT2D eigenvalue weighted by atomic mass is 10.0. The highest BCUT2D eigenvalue weighted by Gasteiger charge is 2.10. The Kier molecular flexibility index (Phi) is 2.13. The van der Waals surface area contributed by atoms with Crippen LogP contribution in [0.4, 0.5) is 4.39 Å². The van der Waals surface area contributed by atoms with E-state index >= 15 is 0 Å². The first-order valence-electron chi connectivity index (χ1n) is 3.52. The second-order valence-corrected chi connectivity index (χ2v) is 2.67. The van der Waals surface area contributed by atoms with E-state index in [0.29, 0.717) is 5.56 Å². The molecule has 0 aromatic heterocycles. The van der Waals surface area contributed by atoms with Crippen molar-refractivity contribution in [3.8, 4) is 5.75 Å². The number of phenols is 1. The predicted octanol–water partition coefficient (Wildman–Crippen LogP) is 2.04. The number of aromatic hydroxyl groups is 1. The molecule has 1 N–H and O–H groups in total. The number of rotatable bonds is 1. The third-order valence-corrected chi connectivity index (χ3v) is 1.63. The van der Waals surface area contributed by atoms with Gasteiger partial charge in [-0.2, -0.15) is 0 Å². The van der Waals surface area contributed by atoms with Gasteiger partial charge < -0.3 is 5.11 Å². The van der Waals surface area contributed by atoms with E-state index in [1.165, 1.54) is 13.0 Å². The molecule has 0 aliphatic rings. The van der Waals surface area contributed by atoms with Crippen LogP contribution in [0.3, 0.4) is 0 Å². The zero-order chi connectivity index (χ0) is 9.30. The average Bonchev–Trinajstić information content (AvgIpc) is 1.82. The van der Waals surface area contributed by atoms with Gasteiger partial charge in [-0.25, -0.2) is 4.39 Å². The molecule has 0 aliphatic carbocycles. The molecule has 3 heteroatoms. The predicted molar refractivity (Wildman–Crippen MR) is 42.8 cm³/mol. The summed E-state index contributed by atoms with van der Waals surface area (Å²) >= 11 is 0.